The molecule has 1 aromatic carbocycles. The first kappa shape index (κ1) is 14.1. The number of nitrogens with two attached hydrogens (primary N) is 2. The van der Waals surface area contributed by atoms with Crippen LogP contribution in [0.3, 0.4) is 0 Å². The van der Waals surface area contributed by atoms with Gasteiger partial charge in [-0.2, -0.15) is 5.90 Å². The van der Waals surface area contributed by atoms with E-state index in [4.69, 9.17) is 16.7 Å². The lowest BCUT2D eigenvalue weighted by molar-refractivity contribution is -0.150. The summed E-state index contributed by atoms with van der Waals surface area (Å²) in [5, 5.41) is 8.74. The van der Waals surface area contributed by atoms with Crippen molar-refractivity contribution in [2.45, 2.75) is 18.9 Å². The van der Waals surface area contributed by atoms with E-state index >= 15 is 0 Å². The summed E-state index contributed by atoms with van der Waals surface area (Å²) in [6.07, 6.45) is 0.331. The molecule has 1 rings (SSSR count). The maximum Gasteiger partial charge on any atom is 0.327 e. The Hall–Kier alpha value is -1.92. The van der Waals surface area contributed by atoms with Crippen molar-refractivity contribution in [3.8, 4) is 0 Å². The summed E-state index contributed by atoms with van der Waals surface area (Å²) in [4.78, 5) is 26.3. The van der Waals surface area contributed by atoms with Crippen LogP contribution < -0.4 is 11.6 Å². The molecule has 5 N–H and O–H groups in total. The molecule has 0 aliphatic carbocycles. The Labute approximate surface area is 104 Å². The van der Waals surface area contributed by atoms with Gasteiger partial charge in [0.15, 0.2) is 0 Å². The maximum absolute atomic E-state index is 11.5. The molecule has 0 aliphatic rings. The van der Waals surface area contributed by atoms with Crippen molar-refractivity contribution in [1.82, 2.24) is 0 Å². The SMILES string of the molecule is NOC(=O)C(Cc1ccccc1)C[C@H](N)C(=O)O. The number of carbonyl (C=O) groups excluding carboxylic acids is 1. The zero-order valence-corrected chi connectivity index (χ0v) is 9.78. The number of aliphatic carboxylic acids is 1. The molecule has 98 valence electrons. The highest BCUT2D eigenvalue weighted by Gasteiger charge is 2.26. The van der Waals surface area contributed by atoms with Crippen LogP contribution in [0.5, 0.6) is 0 Å². The van der Waals surface area contributed by atoms with Crippen molar-refractivity contribution in [3.05, 3.63) is 35.9 Å². The third-order valence-electron chi connectivity index (χ3n) is 2.63. The fourth-order valence-electron chi connectivity index (χ4n) is 1.67. The van der Waals surface area contributed by atoms with Crippen LogP contribution in [0.4, 0.5) is 0 Å². The van der Waals surface area contributed by atoms with E-state index in [0.717, 1.165) is 5.56 Å². The highest BCUT2D eigenvalue weighted by Crippen LogP contribution is 2.15. The minimum absolute atomic E-state index is 0.0136. The van der Waals surface area contributed by atoms with Crippen molar-refractivity contribution < 1.29 is 19.5 Å². The molecule has 0 amide bonds. The van der Waals surface area contributed by atoms with E-state index in [0.29, 0.717) is 6.42 Å². The second-order valence-electron chi connectivity index (χ2n) is 4.00. The van der Waals surface area contributed by atoms with E-state index < -0.39 is 23.9 Å². The van der Waals surface area contributed by atoms with E-state index in [9.17, 15) is 9.59 Å². The molecule has 1 aromatic rings. The Morgan fingerprint density at radius 2 is 1.89 bits per heavy atom. The third kappa shape index (κ3) is 4.15. The topological polar surface area (TPSA) is 116 Å². The van der Waals surface area contributed by atoms with Crippen LogP contribution in [0.15, 0.2) is 30.3 Å². The molecule has 1 unspecified atom stereocenters. The van der Waals surface area contributed by atoms with Crippen molar-refractivity contribution in [2.24, 2.45) is 17.5 Å². The maximum atomic E-state index is 11.5. The minimum Gasteiger partial charge on any atom is -0.480 e. The van der Waals surface area contributed by atoms with Gasteiger partial charge in [-0.15, -0.1) is 0 Å². The minimum atomic E-state index is -1.15. The lowest BCUT2D eigenvalue weighted by atomic mass is 9.93. The molecular formula is C12H16N2O4. The van der Waals surface area contributed by atoms with Gasteiger partial charge in [-0.1, -0.05) is 30.3 Å². The van der Waals surface area contributed by atoms with Gasteiger partial charge in [0.05, 0.1) is 5.92 Å². The molecule has 0 heterocycles. The lowest BCUT2D eigenvalue weighted by Crippen LogP contribution is -2.36. The average molecular weight is 252 g/mol. The first-order chi connectivity index (χ1) is 8.54. The van der Waals surface area contributed by atoms with Gasteiger partial charge in [-0.05, 0) is 18.4 Å². The van der Waals surface area contributed by atoms with Crippen LogP contribution in [0, 0.1) is 5.92 Å². The Bertz CT molecular complexity index is 408. The highest BCUT2D eigenvalue weighted by atomic mass is 16.7. The summed E-state index contributed by atoms with van der Waals surface area (Å²) in [6, 6.07) is 8.07. The summed E-state index contributed by atoms with van der Waals surface area (Å²) >= 11 is 0. The second-order valence-corrected chi connectivity index (χ2v) is 4.00. The molecule has 6 nitrogen and oxygen atoms in total. The number of carbonyl (C=O) groups is 2. The first-order valence-corrected chi connectivity index (χ1v) is 5.47. The third-order valence-corrected chi connectivity index (χ3v) is 2.63. The molecule has 0 radical (unpaired) electrons. The number of rotatable bonds is 6. The molecule has 0 bridgehead atoms. The van der Waals surface area contributed by atoms with Crippen LogP contribution in [0.25, 0.3) is 0 Å². The smallest absolute Gasteiger partial charge is 0.327 e. The Kier molecular flexibility index (Phi) is 5.29. The first-order valence-electron chi connectivity index (χ1n) is 5.47. The Morgan fingerprint density at radius 3 is 2.39 bits per heavy atom. The predicted molar refractivity (Wildman–Crippen MR) is 64.1 cm³/mol. The van der Waals surface area contributed by atoms with Crippen molar-refractivity contribution in [1.29, 1.82) is 0 Å². The lowest BCUT2D eigenvalue weighted by Gasteiger charge is -2.16. The van der Waals surface area contributed by atoms with E-state index in [-0.39, 0.29) is 6.42 Å². The van der Waals surface area contributed by atoms with Gasteiger partial charge >= 0.3 is 11.9 Å². The molecule has 2 atom stereocenters. The van der Waals surface area contributed by atoms with Gasteiger partial charge in [0.25, 0.3) is 0 Å². The molecule has 6 heteroatoms. The van der Waals surface area contributed by atoms with Gasteiger partial charge in [0.1, 0.15) is 6.04 Å². The Balaban J connectivity index is 2.73. The van der Waals surface area contributed by atoms with E-state index in [2.05, 4.69) is 4.84 Å². The zero-order valence-electron chi connectivity index (χ0n) is 9.78. The van der Waals surface area contributed by atoms with Gasteiger partial charge < -0.3 is 15.7 Å². The van der Waals surface area contributed by atoms with Crippen LogP contribution in [-0.2, 0) is 20.8 Å². The van der Waals surface area contributed by atoms with E-state index in [1.54, 1.807) is 0 Å². The summed E-state index contributed by atoms with van der Waals surface area (Å²) in [5.41, 5.74) is 6.31. The quantitative estimate of drug-likeness (QED) is 0.617. The monoisotopic (exact) mass is 252 g/mol. The average Bonchev–Trinajstić information content (AvgIpc) is 2.38. The molecule has 0 spiro atoms. The van der Waals surface area contributed by atoms with Crippen molar-refractivity contribution in [3.63, 3.8) is 0 Å². The number of hydrogen-bond acceptors (Lipinski definition) is 5. The largest absolute Gasteiger partial charge is 0.480 e. The van der Waals surface area contributed by atoms with Crippen LogP contribution in [-0.4, -0.2) is 23.1 Å². The molecule has 0 fully saturated rings. The molecule has 0 saturated carbocycles. The second kappa shape index (κ2) is 6.73. The van der Waals surface area contributed by atoms with Gasteiger partial charge in [-0.25, -0.2) is 0 Å². The van der Waals surface area contributed by atoms with Crippen molar-refractivity contribution in [2.75, 3.05) is 0 Å². The van der Waals surface area contributed by atoms with E-state index in [1.165, 1.54) is 0 Å². The molecule has 0 saturated heterocycles. The normalized spacial score (nSPS) is 13.7. The number of carboxylic acids is 1. The molecular weight excluding hydrogens is 236 g/mol. The van der Waals surface area contributed by atoms with Crippen LogP contribution >= 0.6 is 0 Å². The molecule has 0 aliphatic heterocycles. The molecule has 18 heavy (non-hydrogen) atoms. The van der Waals surface area contributed by atoms with Crippen molar-refractivity contribution >= 4 is 11.9 Å². The number of carboxylic acid groups (broad SMARTS) is 1. The highest BCUT2D eigenvalue weighted by molar-refractivity contribution is 5.76. The summed E-state index contributed by atoms with van der Waals surface area (Å²) in [7, 11) is 0. The summed E-state index contributed by atoms with van der Waals surface area (Å²) in [6.45, 7) is 0. The summed E-state index contributed by atoms with van der Waals surface area (Å²) < 4.78 is 0. The van der Waals surface area contributed by atoms with Crippen LogP contribution in [0.2, 0.25) is 0 Å². The fraction of sp³-hybridized carbons (Fsp3) is 0.333. The fourth-order valence-corrected chi connectivity index (χ4v) is 1.67. The predicted octanol–water partition coefficient (Wildman–Crippen LogP) is 0.0642. The summed E-state index contributed by atoms with van der Waals surface area (Å²) in [5.74, 6) is 2.37. The van der Waals surface area contributed by atoms with Gasteiger partial charge in [0.2, 0.25) is 0 Å². The number of benzene rings is 1. The van der Waals surface area contributed by atoms with E-state index in [1.807, 2.05) is 30.3 Å². The standard InChI is InChI=1S/C12H16N2O4/c13-10(11(15)16)7-9(12(17)18-14)6-8-4-2-1-3-5-8/h1-5,9-10H,6-7,13-14H2,(H,15,16)/t9?,10-/m0/s1. The van der Waals surface area contributed by atoms with Gasteiger partial charge in [0, 0.05) is 0 Å². The Morgan fingerprint density at radius 1 is 1.28 bits per heavy atom. The zero-order chi connectivity index (χ0) is 13.5. The van der Waals surface area contributed by atoms with Crippen LogP contribution in [0.1, 0.15) is 12.0 Å². The van der Waals surface area contributed by atoms with Gasteiger partial charge in [-0.3, -0.25) is 9.59 Å². The number of hydrogen-bond donors (Lipinski definition) is 3. The molecule has 0 aromatic heterocycles.